The molecule has 2 aromatic carbocycles. The Morgan fingerprint density at radius 2 is 1.92 bits per heavy atom. The minimum Gasteiger partial charge on any atom is -0.269 e. The van der Waals surface area contributed by atoms with E-state index in [0.29, 0.717) is 18.1 Å². The van der Waals surface area contributed by atoms with Crippen molar-refractivity contribution in [2.24, 2.45) is 5.92 Å². The molecule has 0 radical (unpaired) electrons. The average molecular weight is 346 g/mol. The first-order chi connectivity index (χ1) is 12.7. The van der Waals surface area contributed by atoms with Crippen LogP contribution in [0.4, 0.5) is 0 Å². The molecule has 132 valence electrons. The molecule has 0 spiro atoms. The predicted octanol–water partition coefficient (Wildman–Crippen LogP) is 4.22. The van der Waals surface area contributed by atoms with Crippen LogP contribution in [0.5, 0.6) is 0 Å². The quantitative estimate of drug-likeness (QED) is 0.720. The molecule has 1 atom stereocenters. The molecule has 1 amide bonds. The average Bonchev–Trinajstić information content (AvgIpc) is 2.67. The first kappa shape index (κ1) is 16.7. The number of hydrogen-bond acceptors (Lipinski definition) is 3. The van der Waals surface area contributed by atoms with Gasteiger partial charge in [-0.15, -0.1) is 0 Å². The van der Waals surface area contributed by atoms with Crippen molar-refractivity contribution in [2.75, 3.05) is 0 Å². The summed E-state index contributed by atoms with van der Waals surface area (Å²) in [5.41, 5.74) is 7.36. The summed E-state index contributed by atoms with van der Waals surface area (Å²) in [7, 11) is 0. The van der Waals surface area contributed by atoms with Crippen molar-refractivity contribution >= 4 is 16.8 Å². The molecule has 4 nitrogen and oxygen atoms in total. The van der Waals surface area contributed by atoms with Gasteiger partial charge in [0.25, 0.3) is 5.91 Å². The van der Waals surface area contributed by atoms with Gasteiger partial charge in [0.1, 0.15) is 0 Å². The van der Waals surface area contributed by atoms with Gasteiger partial charge in [-0.05, 0) is 42.4 Å². The highest BCUT2D eigenvalue weighted by Gasteiger charge is 2.25. The van der Waals surface area contributed by atoms with Crippen molar-refractivity contribution in [1.29, 1.82) is 0 Å². The molecular formula is C22H22N2O2. The predicted molar refractivity (Wildman–Crippen MR) is 102 cm³/mol. The molecule has 0 aliphatic heterocycles. The van der Waals surface area contributed by atoms with Gasteiger partial charge in [-0.25, -0.2) is 5.48 Å². The van der Waals surface area contributed by atoms with Crippen LogP contribution >= 0.6 is 0 Å². The van der Waals surface area contributed by atoms with Crippen LogP contribution in [0.25, 0.3) is 10.9 Å². The topological polar surface area (TPSA) is 51.2 Å². The second-order valence-corrected chi connectivity index (χ2v) is 6.98. The molecule has 4 heteroatoms. The SMILES string of the molecule is C[C@H]1CCc2nc3ccccc3c(C(=O)NOCc3ccccc3)c2C1. The Kier molecular flexibility index (Phi) is 4.67. The van der Waals surface area contributed by atoms with E-state index in [4.69, 9.17) is 9.82 Å². The molecule has 1 aliphatic carbocycles. The van der Waals surface area contributed by atoms with Crippen LogP contribution in [0.15, 0.2) is 54.6 Å². The summed E-state index contributed by atoms with van der Waals surface area (Å²) >= 11 is 0. The number of amides is 1. The minimum absolute atomic E-state index is 0.190. The van der Waals surface area contributed by atoms with E-state index in [9.17, 15) is 4.79 Å². The Morgan fingerprint density at radius 1 is 1.15 bits per heavy atom. The molecular weight excluding hydrogens is 324 g/mol. The molecule has 26 heavy (non-hydrogen) atoms. The van der Waals surface area contributed by atoms with E-state index in [1.54, 1.807) is 0 Å². The molecule has 0 saturated heterocycles. The first-order valence-electron chi connectivity index (χ1n) is 9.09. The Bertz CT molecular complexity index is 938. The molecule has 0 bridgehead atoms. The van der Waals surface area contributed by atoms with Crippen LogP contribution in [-0.2, 0) is 24.3 Å². The standard InChI is InChI=1S/C22H22N2O2/c1-15-11-12-20-18(13-15)21(17-9-5-6-10-19(17)23-20)22(25)24-26-14-16-7-3-2-4-8-16/h2-10,15H,11-14H2,1H3,(H,24,25)/t15-/m0/s1. The van der Waals surface area contributed by atoms with Crippen LogP contribution in [0.1, 0.15) is 40.5 Å². The monoisotopic (exact) mass is 346 g/mol. The Labute approximate surface area is 153 Å². The largest absolute Gasteiger partial charge is 0.275 e. The van der Waals surface area contributed by atoms with Crippen LogP contribution in [0.3, 0.4) is 0 Å². The number of aryl methyl sites for hydroxylation is 1. The molecule has 0 fully saturated rings. The number of para-hydroxylation sites is 1. The first-order valence-corrected chi connectivity index (χ1v) is 9.09. The van der Waals surface area contributed by atoms with E-state index in [1.165, 1.54) is 0 Å². The number of nitrogens with one attached hydrogen (secondary N) is 1. The number of carbonyl (C=O) groups is 1. The maximum atomic E-state index is 13.0. The number of rotatable bonds is 4. The van der Waals surface area contributed by atoms with Crippen LogP contribution in [-0.4, -0.2) is 10.9 Å². The van der Waals surface area contributed by atoms with Gasteiger partial charge in [-0.1, -0.05) is 55.5 Å². The lowest BCUT2D eigenvalue weighted by Gasteiger charge is -2.24. The fourth-order valence-electron chi connectivity index (χ4n) is 3.63. The molecule has 0 unspecified atom stereocenters. The minimum atomic E-state index is -0.190. The van der Waals surface area contributed by atoms with Gasteiger partial charge in [-0.3, -0.25) is 14.6 Å². The number of pyridine rings is 1. The lowest BCUT2D eigenvalue weighted by molar-refractivity contribution is 0.0234. The Hall–Kier alpha value is -2.72. The summed E-state index contributed by atoms with van der Waals surface area (Å²) in [6, 6.07) is 17.6. The summed E-state index contributed by atoms with van der Waals surface area (Å²) in [5.74, 6) is 0.368. The molecule has 4 rings (SSSR count). The lowest BCUT2D eigenvalue weighted by Crippen LogP contribution is -2.27. The molecule has 1 N–H and O–H groups in total. The number of hydrogen-bond donors (Lipinski definition) is 1. The number of hydroxylamine groups is 1. The number of fused-ring (bicyclic) bond motifs is 2. The zero-order valence-corrected chi connectivity index (χ0v) is 14.9. The van der Waals surface area contributed by atoms with Gasteiger partial charge in [-0.2, -0.15) is 0 Å². The third-order valence-electron chi connectivity index (χ3n) is 4.98. The highest BCUT2D eigenvalue weighted by Crippen LogP contribution is 2.31. The maximum absolute atomic E-state index is 13.0. The number of aromatic nitrogens is 1. The van der Waals surface area contributed by atoms with Gasteiger partial charge in [0.15, 0.2) is 0 Å². The molecule has 0 saturated carbocycles. The summed E-state index contributed by atoms with van der Waals surface area (Å²) in [4.78, 5) is 23.2. The zero-order valence-electron chi connectivity index (χ0n) is 14.9. The summed E-state index contributed by atoms with van der Waals surface area (Å²) in [6.07, 6.45) is 2.92. The molecule has 1 aromatic heterocycles. The molecule has 1 aliphatic rings. The van der Waals surface area contributed by atoms with Crippen molar-refractivity contribution in [1.82, 2.24) is 10.5 Å². The van der Waals surface area contributed by atoms with Gasteiger partial charge in [0, 0.05) is 11.1 Å². The van der Waals surface area contributed by atoms with Crippen molar-refractivity contribution in [3.63, 3.8) is 0 Å². The van der Waals surface area contributed by atoms with Crippen LogP contribution in [0, 0.1) is 5.92 Å². The number of carbonyl (C=O) groups excluding carboxylic acids is 1. The van der Waals surface area contributed by atoms with Crippen molar-refractivity contribution in [2.45, 2.75) is 32.8 Å². The third-order valence-corrected chi connectivity index (χ3v) is 4.98. The highest BCUT2D eigenvalue weighted by atomic mass is 16.6. The normalized spacial score (nSPS) is 16.3. The smallest absolute Gasteiger partial charge is 0.269 e. The van der Waals surface area contributed by atoms with Gasteiger partial charge >= 0.3 is 0 Å². The van der Waals surface area contributed by atoms with Gasteiger partial charge in [0.05, 0.1) is 17.7 Å². The second-order valence-electron chi connectivity index (χ2n) is 6.98. The lowest BCUT2D eigenvalue weighted by atomic mass is 9.84. The van der Waals surface area contributed by atoms with E-state index >= 15 is 0 Å². The number of nitrogens with zero attached hydrogens (tertiary/aromatic N) is 1. The van der Waals surface area contributed by atoms with Gasteiger partial charge in [0.2, 0.25) is 0 Å². The van der Waals surface area contributed by atoms with Crippen LogP contribution in [0.2, 0.25) is 0 Å². The van der Waals surface area contributed by atoms with Crippen molar-refractivity contribution in [3.8, 4) is 0 Å². The van der Waals surface area contributed by atoms with E-state index in [2.05, 4.69) is 12.4 Å². The molecule has 1 heterocycles. The Morgan fingerprint density at radius 3 is 2.77 bits per heavy atom. The summed E-state index contributed by atoms with van der Waals surface area (Å²) in [6.45, 7) is 2.57. The maximum Gasteiger partial charge on any atom is 0.275 e. The van der Waals surface area contributed by atoms with E-state index in [1.807, 2.05) is 54.6 Å². The van der Waals surface area contributed by atoms with Gasteiger partial charge < -0.3 is 0 Å². The van der Waals surface area contributed by atoms with E-state index in [0.717, 1.165) is 47.0 Å². The second kappa shape index (κ2) is 7.26. The summed E-state index contributed by atoms with van der Waals surface area (Å²) in [5, 5.41) is 0.890. The van der Waals surface area contributed by atoms with Crippen molar-refractivity contribution < 1.29 is 9.63 Å². The number of benzene rings is 2. The zero-order chi connectivity index (χ0) is 17.9. The van der Waals surface area contributed by atoms with Crippen LogP contribution < -0.4 is 5.48 Å². The third kappa shape index (κ3) is 3.33. The van der Waals surface area contributed by atoms with E-state index < -0.39 is 0 Å². The Balaban J connectivity index is 1.63. The summed E-state index contributed by atoms with van der Waals surface area (Å²) < 4.78 is 0. The highest BCUT2D eigenvalue weighted by molar-refractivity contribution is 6.07. The fourth-order valence-corrected chi connectivity index (χ4v) is 3.63. The molecule has 3 aromatic rings. The van der Waals surface area contributed by atoms with E-state index in [-0.39, 0.29) is 5.91 Å². The fraction of sp³-hybridized carbons (Fsp3) is 0.273. The van der Waals surface area contributed by atoms with Crippen molar-refractivity contribution in [3.05, 3.63) is 77.0 Å².